The van der Waals surface area contributed by atoms with Gasteiger partial charge in [0.2, 0.25) is 5.91 Å². The van der Waals surface area contributed by atoms with Gasteiger partial charge in [-0.2, -0.15) is 5.26 Å². The molecule has 1 aromatic carbocycles. The third kappa shape index (κ3) is 4.69. The van der Waals surface area contributed by atoms with E-state index in [0.717, 1.165) is 31.7 Å². The summed E-state index contributed by atoms with van der Waals surface area (Å²) in [6, 6.07) is 5.68. The SMILES string of the molecule is CNC(=O)C1CCC(NC(=O)NCc2ccc(C#N)cc2F)CC1. The van der Waals surface area contributed by atoms with Crippen LogP contribution in [0, 0.1) is 23.1 Å². The van der Waals surface area contributed by atoms with E-state index in [-0.39, 0.29) is 36.0 Å². The zero-order valence-electron chi connectivity index (χ0n) is 13.6. The van der Waals surface area contributed by atoms with Crippen LogP contribution < -0.4 is 16.0 Å². The molecule has 0 aromatic heterocycles. The largest absolute Gasteiger partial charge is 0.359 e. The third-order valence-corrected chi connectivity index (χ3v) is 4.30. The van der Waals surface area contributed by atoms with Crippen molar-refractivity contribution in [1.82, 2.24) is 16.0 Å². The van der Waals surface area contributed by atoms with Crippen LogP contribution in [0.4, 0.5) is 9.18 Å². The predicted octanol–water partition coefficient (Wildman–Crippen LogP) is 1.80. The molecule has 3 N–H and O–H groups in total. The standard InChI is InChI=1S/C17H21FN4O2/c1-20-16(23)12-4-6-14(7-5-12)22-17(24)21-10-13-3-2-11(9-19)8-15(13)18/h2-3,8,12,14H,4-7,10H2,1H3,(H,20,23)(H2,21,22,24). The van der Waals surface area contributed by atoms with Crippen LogP contribution in [0.2, 0.25) is 0 Å². The summed E-state index contributed by atoms with van der Waals surface area (Å²) in [6.07, 6.45) is 2.98. The van der Waals surface area contributed by atoms with Crippen LogP contribution >= 0.6 is 0 Å². The Hall–Kier alpha value is -2.62. The first-order valence-electron chi connectivity index (χ1n) is 7.98. The molecule has 0 spiro atoms. The van der Waals surface area contributed by atoms with E-state index in [2.05, 4.69) is 16.0 Å². The average molecular weight is 332 g/mol. The lowest BCUT2D eigenvalue weighted by atomic mass is 9.85. The second-order valence-electron chi connectivity index (χ2n) is 5.91. The van der Waals surface area contributed by atoms with Crippen molar-refractivity contribution in [3.8, 4) is 6.07 Å². The highest BCUT2D eigenvalue weighted by Gasteiger charge is 2.26. The molecule has 1 aliphatic carbocycles. The number of hydrogen-bond acceptors (Lipinski definition) is 3. The molecule has 0 unspecified atom stereocenters. The van der Waals surface area contributed by atoms with E-state index >= 15 is 0 Å². The fraction of sp³-hybridized carbons (Fsp3) is 0.471. The lowest BCUT2D eigenvalue weighted by Gasteiger charge is -2.28. The maximum Gasteiger partial charge on any atom is 0.315 e. The monoisotopic (exact) mass is 332 g/mol. The summed E-state index contributed by atoms with van der Waals surface area (Å²) in [5, 5.41) is 16.8. The van der Waals surface area contributed by atoms with Gasteiger partial charge in [0.15, 0.2) is 0 Å². The molecule has 0 aliphatic heterocycles. The van der Waals surface area contributed by atoms with Crippen LogP contribution in [-0.4, -0.2) is 25.0 Å². The molecule has 0 radical (unpaired) electrons. The van der Waals surface area contributed by atoms with Gasteiger partial charge in [-0.15, -0.1) is 0 Å². The normalized spacial score (nSPS) is 19.9. The van der Waals surface area contributed by atoms with Crippen molar-refractivity contribution < 1.29 is 14.0 Å². The Bertz CT molecular complexity index is 648. The van der Waals surface area contributed by atoms with Gasteiger partial charge in [-0.05, 0) is 37.8 Å². The summed E-state index contributed by atoms with van der Waals surface area (Å²) in [6.45, 7) is 0.0525. The molecule has 3 amide bonds. The molecule has 0 atom stereocenters. The Balaban J connectivity index is 1.76. The zero-order chi connectivity index (χ0) is 17.5. The summed E-state index contributed by atoms with van der Waals surface area (Å²) in [5.74, 6) is -0.446. The smallest absolute Gasteiger partial charge is 0.315 e. The fourth-order valence-electron chi connectivity index (χ4n) is 2.88. The van der Waals surface area contributed by atoms with E-state index in [9.17, 15) is 14.0 Å². The molecule has 6 nitrogen and oxygen atoms in total. The maximum atomic E-state index is 13.7. The summed E-state index contributed by atoms with van der Waals surface area (Å²) >= 11 is 0. The van der Waals surface area contributed by atoms with Crippen LogP contribution in [0.25, 0.3) is 0 Å². The minimum atomic E-state index is -0.513. The van der Waals surface area contributed by atoms with E-state index in [1.54, 1.807) is 7.05 Å². The fourth-order valence-corrected chi connectivity index (χ4v) is 2.88. The first-order chi connectivity index (χ1) is 11.5. The molecular formula is C17H21FN4O2. The number of nitrogens with one attached hydrogen (secondary N) is 3. The average Bonchev–Trinajstić information content (AvgIpc) is 2.60. The van der Waals surface area contributed by atoms with Crippen LogP contribution in [0.5, 0.6) is 0 Å². The maximum absolute atomic E-state index is 13.7. The Morgan fingerprint density at radius 3 is 2.58 bits per heavy atom. The number of benzene rings is 1. The molecule has 128 valence electrons. The number of rotatable bonds is 4. The molecule has 1 aromatic rings. The molecule has 1 aliphatic rings. The van der Waals surface area contributed by atoms with Crippen molar-refractivity contribution in [3.63, 3.8) is 0 Å². The predicted molar refractivity (Wildman–Crippen MR) is 86.3 cm³/mol. The second-order valence-corrected chi connectivity index (χ2v) is 5.91. The van der Waals surface area contributed by atoms with Gasteiger partial charge in [0, 0.05) is 31.1 Å². The van der Waals surface area contributed by atoms with Gasteiger partial charge < -0.3 is 16.0 Å². The number of halogens is 1. The Morgan fingerprint density at radius 2 is 2.00 bits per heavy atom. The summed E-state index contributed by atoms with van der Waals surface area (Å²) < 4.78 is 13.7. The van der Waals surface area contributed by atoms with Crippen LogP contribution in [0.1, 0.15) is 36.8 Å². The van der Waals surface area contributed by atoms with E-state index in [1.165, 1.54) is 12.1 Å². The molecule has 1 fully saturated rings. The number of carbonyl (C=O) groups excluding carboxylic acids is 2. The van der Waals surface area contributed by atoms with Crippen LogP contribution in [0.3, 0.4) is 0 Å². The topological polar surface area (TPSA) is 94.0 Å². The van der Waals surface area contributed by atoms with Crippen LogP contribution in [-0.2, 0) is 11.3 Å². The molecule has 2 rings (SSSR count). The zero-order valence-corrected chi connectivity index (χ0v) is 13.6. The lowest BCUT2D eigenvalue weighted by molar-refractivity contribution is -0.125. The van der Waals surface area contributed by atoms with Gasteiger partial charge in [-0.3, -0.25) is 4.79 Å². The van der Waals surface area contributed by atoms with Crippen LogP contribution in [0.15, 0.2) is 18.2 Å². The second kappa shape index (κ2) is 8.29. The minimum Gasteiger partial charge on any atom is -0.359 e. The Kier molecular flexibility index (Phi) is 6.13. The molecule has 7 heteroatoms. The van der Waals surface area contributed by atoms with E-state index in [1.807, 2.05) is 6.07 Å². The first kappa shape index (κ1) is 17.7. The van der Waals surface area contributed by atoms with Gasteiger partial charge in [0.25, 0.3) is 0 Å². The summed E-state index contributed by atoms with van der Waals surface area (Å²) in [4.78, 5) is 23.5. The van der Waals surface area contributed by atoms with Gasteiger partial charge in [-0.25, -0.2) is 9.18 Å². The Morgan fingerprint density at radius 1 is 1.29 bits per heavy atom. The van der Waals surface area contributed by atoms with Crippen molar-refractivity contribution in [2.75, 3.05) is 7.05 Å². The summed E-state index contributed by atoms with van der Waals surface area (Å²) in [7, 11) is 1.63. The molecule has 1 saturated carbocycles. The van der Waals surface area contributed by atoms with Gasteiger partial charge >= 0.3 is 6.03 Å². The third-order valence-electron chi connectivity index (χ3n) is 4.30. The highest BCUT2D eigenvalue weighted by atomic mass is 19.1. The Labute approximate surface area is 140 Å². The highest BCUT2D eigenvalue weighted by molar-refractivity contribution is 5.78. The number of amides is 3. The molecule has 24 heavy (non-hydrogen) atoms. The number of nitriles is 1. The van der Waals surface area contributed by atoms with Crippen molar-refractivity contribution in [2.45, 2.75) is 38.3 Å². The van der Waals surface area contributed by atoms with E-state index in [0.29, 0.717) is 5.56 Å². The summed E-state index contributed by atoms with van der Waals surface area (Å²) in [5.41, 5.74) is 0.570. The number of carbonyl (C=O) groups is 2. The number of urea groups is 1. The van der Waals surface area contributed by atoms with Crippen molar-refractivity contribution in [2.24, 2.45) is 5.92 Å². The van der Waals surface area contributed by atoms with Crippen molar-refractivity contribution in [1.29, 1.82) is 5.26 Å². The lowest BCUT2D eigenvalue weighted by Crippen LogP contribution is -2.44. The number of nitrogens with zero attached hydrogens (tertiary/aromatic N) is 1. The molecule has 0 heterocycles. The first-order valence-corrected chi connectivity index (χ1v) is 7.98. The molecular weight excluding hydrogens is 311 g/mol. The number of hydrogen-bond donors (Lipinski definition) is 3. The highest BCUT2D eigenvalue weighted by Crippen LogP contribution is 2.24. The van der Waals surface area contributed by atoms with E-state index in [4.69, 9.17) is 5.26 Å². The van der Waals surface area contributed by atoms with Crippen molar-refractivity contribution in [3.05, 3.63) is 35.1 Å². The van der Waals surface area contributed by atoms with Gasteiger partial charge in [0.05, 0.1) is 11.6 Å². The van der Waals surface area contributed by atoms with Crippen molar-refractivity contribution >= 4 is 11.9 Å². The minimum absolute atomic E-state index is 0.0175. The van der Waals surface area contributed by atoms with Gasteiger partial charge in [0.1, 0.15) is 5.82 Å². The molecule has 0 bridgehead atoms. The van der Waals surface area contributed by atoms with Gasteiger partial charge in [-0.1, -0.05) is 6.07 Å². The molecule has 0 saturated heterocycles. The quantitative estimate of drug-likeness (QED) is 0.785. The van der Waals surface area contributed by atoms with E-state index < -0.39 is 5.82 Å².